The van der Waals surface area contributed by atoms with E-state index in [1.54, 1.807) is 30.3 Å². The second-order valence-electron chi connectivity index (χ2n) is 6.90. The van der Waals surface area contributed by atoms with Crippen molar-refractivity contribution in [3.8, 4) is 0 Å². The van der Waals surface area contributed by atoms with Gasteiger partial charge in [0.05, 0.1) is 24.2 Å². The third-order valence-corrected chi connectivity index (χ3v) is 5.39. The minimum absolute atomic E-state index is 0.0557. The van der Waals surface area contributed by atoms with Gasteiger partial charge in [-0.2, -0.15) is 0 Å². The Morgan fingerprint density at radius 1 is 0.933 bits per heavy atom. The second-order valence-corrected chi connectivity index (χ2v) is 7.74. The van der Waals surface area contributed by atoms with E-state index in [9.17, 15) is 14.4 Å². The minimum Gasteiger partial charge on any atom is -0.326 e. The lowest BCUT2D eigenvalue weighted by molar-refractivity contribution is -0.115. The molecule has 0 bridgehead atoms. The van der Waals surface area contributed by atoms with Gasteiger partial charge >= 0.3 is 0 Å². The van der Waals surface area contributed by atoms with E-state index in [4.69, 9.17) is 23.2 Å². The molecule has 4 rings (SSSR count). The standard InChI is InChI=1S/C23H16Cl2N2O3/c24-16-7-6-15(19(25)11-16)10-21(28)26-17-8-9-20-18(12-17)22(29)23(30)27(20)13-14-4-2-1-3-5-14/h1-9,11-12H,10,13H2,(H,26,28). The van der Waals surface area contributed by atoms with Crippen LogP contribution in [0.25, 0.3) is 0 Å². The Labute approximate surface area is 183 Å². The summed E-state index contributed by atoms with van der Waals surface area (Å²) in [6.45, 7) is 0.305. The molecule has 0 radical (unpaired) electrons. The normalized spacial score (nSPS) is 12.8. The Hall–Kier alpha value is -3.15. The molecule has 3 aromatic rings. The molecule has 0 saturated carbocycles. The van der Waals surface area contributed by atoms with Gasteiger partial charge in [0.25, 0.3) is 11.7 Å². The molecule has 0 aliphatic carbocycles. The lowest BCUT2D eigenvalue weighted by Crippen LogP contribution is -2.29. The van der Waals surface area contributed by atoms with Gasteiger partial charge in [-0.1, -0.05) is 59.6 Å². The summed E-state index contributed by atoms with van der Waals surface area (Å²) in [5, 5.41) is 3.65. The Morgan fingerprint density at radius 3 is 2.43 bits per heavy atom. The zero-order valence-corrected chi connectivity index (χ0v) is 17.2. The lowest BCUT2D eigenvalue weighted by atomic mass is 10.1. The van der Waals surface area contributed by atoms with E-state index in [-0.39, 0.29) is 17.9 Å². The largest absolute Gasteiger partial charge is 0.326 e. The van der Waals surface area contributed by atoms with Crippen LogP contribution in [0.2, 0.25) is 10.0 Å². The molecule has 3 aromatic carbocycles. The maximum Gasteiger partial charge on any atom is 0.299 e. The maximum absolute atomic E-state index is 12.5. The van der Waals surface area contributed by atoms with Crippen molar-refractivity contribution in [2.75, 3.05) is 10.2 Å². The number of rotatable bonds is 5. The molecule has 1 N–H and O–H groups in total. The number of nitrogens with one attached hydrogen (secondary N) is 1. The zero-order chi connectivity index (χ0) is 21.3. The lowest BCUT2D eigenvalue weighted by Gasteiger charge is -2.17. The monoisotopic (exact) mass is 438 g/mol. The van der Waals surface area contributed by atoms with E-state index in [0.29, 0.717) is 33.5 Å². The summed E-state index contributed by atoms with van der Waals surface area (Å²) < 4.78 is 0. The topological polar surface area (TPSA) is 66.5 Å². The van der Waals surface area contributed by atoms with E-state index in [1.165, 1.54) is 11.0 Å². The first-order chi connectivity index (χ1) is 14.4. The van der Waals surface area contributed by atoms with E-state index in [2.05, 4.69) is 5.32 Å². The van der Waals surface area contributed by atoms with Gasteiger partial charge in [-0.25, -0.2) is 0 Å². The van der Waals surface area contributed by atoms with Crippen molar-refractivity contribution in [1.82, 2.24) is 0 Å². The van der Waals surface area contributed by atoms with Gasteiger partial charge in [0.15, 0.2) is 0 Å². The van der Waals surface area contributed by atoms with Crippen LogP contribution in [0.4, 0.5) is 11.4 Å². The molecule has 0 fully saturated rings. The predicted octanol–water partition coefficient (Wildman–Crippen LogP) is 4.90. The fourth-order valence-corrected chi connectivity index (χ4v) is 3.82. The fraction of sp³-hybridized carbons (Fsp3) is 0.0870. The molecule has 0 spiro atoms. The van der Waals surface area contributed by atoms with E-state index in [0.717, 1.165) is 5.56 Å². The average Bonchev–Trinajstić information content (AvgIpc) is 2.95. The highest BCUT2D eigenvalue weighted by atomic mass is 35.5. The molecule has 150 valence electrons. The molecule has 0 atom stereocenters. The minimum atomic E-state index is -0.585. The number of hydrogen-bond acceptors (Lipinski definition) is 3. The number of fused-ring (bicyclic) bond motifs is 1. The summed E-state index contributed by atoms with van der Waals surface area (Å²) in [7, 11) is 0. The number of carbonyl (C=O) groups excluding carboxylic acids is 3. The molecule has 1 aliphatic heterocycles. The number of anilines is 2. The Morgan fingerprint density at radius 2 is 1.70 bits per heavy atom. The van der Waals surface area contributed by atoms with Gasteiger partial charge in [-0.15, -0.1) is 0 Å². The summed E-state index contributed by atoms with van der Waals surface area (Å²) in [5.41, 5.74) is 2.81. The van der Waals surface area contributed by atoms with Gasteiger partial charge < -0.3 is 10.2 Å². The van der Waals surface area contributed by atoms with Crippen molar-refractivity contribution in [3.05, 3.63) is 93.5 Å². The summed E-state index contributed by atoms with van der Waals surface area (Å²) >= 11 is 12.0. The SMILES string of the molecule is O=C(Cc1ccc(Cl)cc1Cl)Nc1ccc2c(c1)C(=O)C(=O)N2Cc1ccccc1. The second kappa shape index (κ2) is 8.30. The number of hydrogen-bond donors (Lipinski definition) is 1. The highest BCUT2D eigenvalue weighted by Crippen LogP contribution is 2.32. The smallest absolute Gasteiger partial charge is 0.299 e. The quantitative estimate of drug-likeness (QED) is 0.575. The first kappa shape index (κ1) is 20.1. The maximum atomic E-state index is 12.5. The van der Waals surface area contributed by atoms with Crippen molar-refractivity contribution in [2.45, 2.75) is 13.0 Å². The fourth-order valence-electron chi connectivity index (χ4n) is 3.34. The summed E-state index contributed by atoms with van der Waals surface area (Å²) in [6.07, 6.45) is 0.0557. The third kappa shape index (κ3) is 4.08. The van der Waals surface area contributed by atoms with Gasteiger partial charge in [-0.3, -0.25) is 14.4 Å². The number of Topliss-reactive ketones (excluding diaryl/α,β-unsaturated/α-hetero) is 1. The van der Waals surface area contributed by atoms with Crippen LogP contribution in [0.15, 0.2) is 66.7 Å². The molecule has 0 aromatic heterocycles. The Kier molecular flexibility index (Phi) is 5.57. The van der Waals surface area contributed by atoms with Crippen LogP contribution in [-0.2, 0) is 22.6 Å². The molecule has 1 aliphatic rings. The van der Waals surface area contributed by atoms with Crippen LogP contribution in [0, 0.1) is 0 Å². The van der Waals surface area contributed by atoms with Crippen LogP contribution >= 0.6 is 23.2 Å². The Bertz CT molecular complexity index is 1160. The molecule has 1 heterocycles. The summed E-state index contributed by atoms with van der Waals surface area (Å²) in [4.78, 5) is 38.8. The van der Waals surface area contributed by atoms with Crippen LogP contribution in [0.5, 0.6) is 0 Å². The Balaban J connectivity index is 1.51. The van der Waals surface area contributed by atoms with Gasteiger partial charge in [0.1, 0.15) is 0 Å². The molecule has 30 heavy (non-hydrogen) atoms. The highest BCUT2D eigenvalue weighted by molar-refractivity contribution is 6.52. The molecular formula is C23H16Cl2N2O3. The van der Waals surface area contributed by atoms with Crippen molar-refractivity contribution in [3.63, 3.8) is 0 Å². The number of halogens is 2. The van der Waals surface area contributed by atoms with Crippen LogP contribution in [-0.4, -0.2) is 17.6 Å². The van der Waals surface area contributed by atoms with Crippen LogP contribution in [0.1, 0.15) is 21.5 Å². The van der Waals surface area contributed by atoms with Crippen molar-refractivity contribution >= 4 is 52.2 Å². The number of amides is 2. The number of carbonyl (C=O) groups is 3. The van der Waals surface area contributed by atoms with Crippen molar-refractivity contribution in [2.24, 2.45) is 0 Å². The van der Waals surface area contributed by atoms with Crippen LogP contribution < -0.4 is 10.2 Å². The number of benzene rings is 3. The zero-order valence-electron chi connectivity index (χ0n) is 15.7. The highest BCUT2D eigenvalue weighted by Gasteiger charge is 2.36. The summed E-state index contributed by atoms with van der Waals surface area (Å²) in [5.74, 6) is -1.46. The third-order valence-electron chi connectivity index (χ3n) is 4.80. The van der Waals surface area contributed by atoms with E-state index >= 15 is 0 Å². The average molecular weight is 439 g/mol. The molecule has 2 amide bonds. The van der Waals surface area contributed by atoms with E-state index < -0.39 is 11.7 Å². The van der Waals surface area contributed by atoms with Gasteiger partial charge in [0, 0.05) is 15.7 Å². The van der Waals surface area contributed by atoms with Crippen molar-refractivity contribution in [1.29, 1.82) is 0 Å². The number of nitrogens with zero attached hydrogens (tertiary/aromatic N) is 1. The first-order valence-electron chi connectivity index (χ1n) is 9.20. The molecule has 5 nitrogen and oxygen atoms in total. The van der Waals surface area contributed by atoms with Gasteiger partial charge in [0.2, 0.25) is 5.91 Å². The first-order valence-corrected chi connectivity index (χ1v) is 9.96. The molecule has 0 saturated heterocycles. The van der Waals surface area contributed by atoms with E-state index in [1.807, 2.05) is 30.3 Å². The molecule has 7 heteroatoms. The summed E-state index contributed by atoms with van der Waals surface area (Å²) in [6, 6.07) is 19.2. The number of ketones is 1. The molecular weight excluding hydrogens is 423 g/mol. The van der Waals surface area contributed by atoms with Crippen molar-refractivity contribution < 1.29 is 14.4 Å². The van der Waals surface area contributed by atoms with Gasteiger partial charge in [-0.05, 0) is 41.5 Å². The van der Waals surface area contributed by atoms with Crippen LogP contribution in [0.3, 0.4) is 0 Å². The predicted molar refractivity (Wildman–Crippen MR) is 117 cm³/mol. The molecule has 0 unspecified atom stereocenters.